The van der Waals surface area contributed by atoms with Crippen LogP contribution in [0.3, 0.4) is 0 Å². The molecule has 0 spiro atoms. The Morgan fingerprint density at radius 3 is 2.56 bits per heavy atom. The van der Waals surface area contributed by atoms with Gasteiger partial charge in [0, 0.05) is 70.8 Å². The van der Waals surface area contributed by atoms with E-state index in [2.05, 4.69) is 37.2 Å². The van der Waals surface area contributed by atoms with Crippen molar-refractivity contribution in [3.8, 4) is 0 Å². The summed E-state index contributed by atoms with van der Waals surface area (Å²) in [5.41, 5.74) is 2.27. The Hall–Kier alpha value is -2.51. The van der Waals surface area contributed by atoms with Gasteiger partial charge in [-0.1, -0.05) is 30.3 Å². The number of benzene rings is 1. The van der Waals surface area contributed by atoms with Gasteiger partial charge in [0.1, 0.15) is 6.04 Å². The number of likely N-dealkylation sites (N-methyl/N-ethyl adjacent to an activating group) is 1. The van der Waals surface area contributed by atoms with Crippen molar-refractivity contribution in [2.24, 2.45) is 0 Å². The van der Waals surface area contributed by atoms with E-state index >= 15 is 0 Å². The fraction of sp³-hybridized carbons (Fsp3) is 0.450. The van der Waals surface area contributed by atoms with Gasteiger partial charge in [-0.25, -0.2) is 9.97 Å². The Balaban J connectivity index is 1.31. The third kappa shape index (κ3) is 4.26. The number of carbonyl (C=O) groups excluding carboxylic acids is 1. The molecule has 0 unspecified atom stereocenters. The Kier molecular flexibility index (Phi) is 5.31. The molecule has 7 heteroatoms. The Morgan fingerprint density at radius 1 is 1.04 bits per heavy atom. The molecule has 4 rings (SSSR count). The molecule has 1 atom stereocenters. The lowest BCUT2D eigenvalue weighted by Crippen LogP contribution is -2.63. The van der Waals surface area contributed by atoms with Gasteiger partial charge in [0.05, 0.1) is 0 Å². The zero-order valence-corrected chi connectivity index (χ0v) is 15.7. The molecule has 2 fully saturated rings. The van der Waals surface area contributed by atoms with Crippen molar-refractivity contribution >= 4 is 11.9 Å². The van der Waals surface area contributed by atoms with Gasteiger partial charge >= 0.3 is 0 Å². The summed E-state index contributed by atoms with van der Waals surface area (Å²) in [6.45, 7) is 5.99. The maximum atomic E-state index is 12.4. The number of nitrogens with one attached hydrogen (secondary N) is 1. The van der Waals surface area contributed by atoms with Gasteiger partial charge in [0.2, 0.25) is 11.9 Å². The lowest BCUT2D eigenvalue weighted by molar-refractivity contribution is -0.143. The van der Waals surface area contributed by atoms with E-state index in [1.165, 1.54) is 5.56 Å². The van der Waals surface area contributed by atoms with Crippen molar-refractivity contribution in [2.45, 2.75) is 19.1 Å². The van der Waals surface area contributed by atoms with E-state index in [4.69, 9.17) is 0 Å². The number of carbonyl (C=O) groups is 1. The van der Waals surface area contributed by atoms with E-state index in [0.717, 1.165) is 44.8 Å². The monoisotopic (exact) mass is 366 g/mol. The van der Waals surface area contributed by atoms with E-state index in [-0.39, 0.29) is 11.9 Å². The van der Waals surface area contributed by atoms with Crippen LogP contribution in [-0.4, -0.2) is 76.4 Å². The first kappa shape index (κ1) is 17.9. The van der Waals surface area contributed by atoms with Crippen LogP contribution in [0.15, 0.2) is 42.7 Å². The number of piperazine rings is 2. The molecule has 2 saturated heterocycles. The number of aromatic nitrogens is 2. The van der Waals surface area contributed by atoms with Crippen molar-refractivity contribution in [3.63, 3.8) is 0 Å². The van der Waals surface area contributed by atoms with Gasteiger partial charge in [0.15, 0.2) is 0 Å². The van der Waals surface area contributed by atoms with E-state index < -0.39 is 0 Å². The van der Waals surface area contributed by atoms with Crippen LogP contribution in [0, 0.1) is 0 Å². The number of anilines is 1. The van der Waals surface area contributed by atoms with Crippen LogP contribution in [0.4, 0.5) is 5.95 Å². The molecule has 1 N–H and O–H groups in total. The topological polar surface area (TPSA) is 64.6 Å². The van der Waals surface area contributed by atoms with E-state index in [0.29, 0.717) is 12.5 Å². The SMILES string of the molecule is CN1CCN2CCN(Cc3cnc(NCc4ccccc4)nc3)C[C@@H]2C1=O. The molecule has 2 aromatic rings. The Morgan fingerprint density at radius 2 is 1.78 bits per heavy atom. The molecule has 2 aliphatic heterocycles. The predicted molar refractivity (Wildman–Crippen MR) is 104 cm³/mol. The maximum Gasteiger partial charge on any atom is 0.241 e. The summed E-state index contributed by atoms with van der Waals surface area (Å²) in [6, 6.07) is 10.2. The summed E-state index contributed by atoms with van der Waals surface area (Å²) in [6.07, 6.45) is 3.75. The second kappa shape index (κ2) is 8.02. The van der Waals surface area contributed by atoms with Crippen LogP contribution < -0.4 is 5.32 Å². The lowest BCUT2D eigenvalue weighted by Gasteiger charge is -2.45. The molecule has 142 valence electrons. The third-order valence-electron chi connectivity index (χ3n) is 5.36. The summed E-state index contributed by atoms with van der Waals surface area (Å²) in [5.74, 6) is 0.874. The molecule has 1 aromatic carbocycles. The zero-order valence-electron chi connectivity index (χ0n) is 15.7. The largest absolute Gasteiger partial charge is 0.350 e. The smallest absolute Gasteiger partial charge is 0.241 e. The summed E-state index contributed by atoms with van der Waals surface area (Å²) in [5, 5.41) is 3.25. The highest BCUT2D eigenvalue weighted by Crippen LogP contribution is 2.17. The Labute approximate surface area is 160 Å². The fourth-order valence-corrected chi connectivity index (χ4v) is 3.73. The fourth-order valence-electron chi connectivity index (χ4n) is 3.73. The van der Waals surface area contributed by atoms with Crippen LogP contribution in [0.5, 0.6) is 0 Å². The van der Waals surface area contributed by atoms with Gasteiger partial charge in [-0.15, -0.1) is 0 Å². The minimum absolute atomic E-state index is 0.00905. The molecule has 2 aliphatic rings. The highest BCUT2D eigenvalue weighted by Gasteiger charge is 2.37. The molecule has 3 heterocycles. The summed E-state index contributed by atoms with van der Waals surface area (Å²) < 4.78 is 0. The quantitative estimate of drug-likeness (QED) is 0.853. The van der Waals surface area contributed by atoms with Crippen LogP contribution >= 0.6 is 0 Å². The average Bonchev–Trinajstić information content (AvgIpc) is 2.71. The predicted octanol–water partition coefficient (Wildman–Crippen LogP) is 1.05. The molecule has 1 amide bonds. The number of amides is 1. The number of hydrogen-bond donors (Lipinski definition) is 1. The van der Waals surface area contributed by atoms with Gasteiger partial charge in [0.25, 0.3) is 0 Å². The van der Waals surface area contributed by atoms with Gasteiger partial charge in [-0.2, -0.15) is 0 Å². The molecule has 0 radical (unpaired) electrons. The minimum Gasteiger partial charge on any atom is -0.350 e. The Bertz CT molecular complexity index is 766. The molecule has 7 nitrogen and oxygen atoms in total. The van der Waals surface area contributed by atoms with Crippen molar-refractivity contribution in [2.75, 3.05) is 45.1 Å². The normalized spacial score (nSPS) is 21.1. The second-order valence-corrected chi connectivity index (χ2v) is 7.30. The first-order chi connectivity index (χ1) is 13.2. The van der Waals surface area contributed by atoms with E-state index in [1.54, 1.807) is 0 Å². The molecular formula is C20H26N6O. The second-order valence-electron chi connectivity index (χ2n) is 7.30. The van der Waals surface area contributed by atoms with Gasteiger partial charge in [-0.3, -0.25) is 14.6 Å². The number of rotatable bonds is 5. The average molecular weight is 366 g/mol. The van der Waals surface area contributed by atoms with Crippen LogP contribution in [-0.2, 0) is 17.9 Å². The minimum atomic E-state index is -0.00905. The van der Waals surface area contributed by atoms with Crippen LogP contribution in [0.1, 0.15) is 11.1 Å². The molecule has 0 aliphatic carbocycles. The first-order valence-electron chi connectivity index (χ1n) is 9.49. The van der Waals surface area contributed by atoms with E-state index in [1.807, 2.05) is 42.5 Å². The van der Waals surface area contributed by atoms with Crippen molar-refractivity contribution in [1.29, 1.82) is 0 Å². The zero-order chi connectivity index (χ0) is 18.6. The van der Waals surface area contributed by atoms with Crippen molar-refractivity contribution in [3.05, 3.63) is 53.9 Å². The molecule has 27 heavy (non-hydrogen) atoms. The number of nitrogens with zero attached hydrogens (tertiary/aromatic N) is 5. The summed E-state index contributed by atoms with van der Waals surface area (Å²) in [7, 11) is 1.90. The first-order valence-corrected chi connectivity index (χ1v) is 9.49. The lowest BCUT2D eigenvalue weighted by atomic mass is 10.1. The summed E-state index contributed by atoms with van der Waals surface area (Å²) in [4.78, 5) is 27.8. The van der Waals surface area contributed by atoms with Gasteiger partial charge < -0.3 is 10.2 Å². The summed E-state index contributed by atoms with van der Waals surface area (Å²) >= 11 is 0. The highest BCUT2D eigenvalue weighted by atomic mass is 16.2. The molecule has 1 aromatic heterocycles. The van der Waals surface area contributed by atoms with Gasteiger partial charge in [-0.05, 0) is 5.56 Å². The third-order valence-corrected chi connectivity index (χ3v) is 5.36. The molecule has 0 bridgehead atoms. The highest BCUT2D eigenvalue weighted by molar-refractivity contribution is 5.82. The van der Waals surface area contributed by atoms with E-state index in [9.17, 15) is 4.79 Å². The van der Waals surface area contributed by atoms with Crippen molar-refractivity contribution in [1.82, 2.24) is 24.7 Å². The molecular weight excluding hydrogens is 340 g/mol. The number of hydrogen-bond acceptors (Lipinski definition) is 6. The van der Waals surface area contributed by atoms with Crippen LogP contribution in [0.25, 0.3) is 0 Å². The molecule has 0 saturated carbocycles. The van der Waals surface area contributed by atoms with Crippen molar-refractivity contribution < 1.29 is 4.79 Å². The standard InChI is InChI=1S/C20H26N6O/c1-24-7-9-26-10-8-25(15-18(26)19(24)27)14-17-12-22-20(23-13-17)21-11-16-5-3-2-4-6-16/h2-6,12-13,18H,7-11,14-15H2,1H3,(H,21,22,23)/t18-/m1/s1. The number of fused-ring (bicyclic) bond motifs is 1. The maximum absolute atomic E-state index is 12.4. The van der Waals surface area contributed by atoms with Crippen LogP contribution in [0.2, 0.25) is 0 Å².